The van der Waals surface area contributed by atoms with E-state index in [1.807, 2.05) is 6.08 Å². The second kappa shape index (κ2) is 46.0. The van der Waals surface area contributed by atoms with E-state index >= 15 is 0 Å². The van der Waals surface area contributed by atoms with E-state index < -0.39 is 12.1 Å². The molecule has 0 aromatic carbocycles. The fourth-order valence-corrected chi connectivity index (χ4v) is 5.91. The number of ether oxygens (including phenoxy) is 3. The van der Waals surface area contributed by atoms with E-state index in [0.29, 0.717) is 6.42 Å². The van der Waals surface area contributed by atoms with Crippen LogP contribution in [0.2, 0.25) is 0 Å². The Morgan fingerprint density at radius 3 is 1.26 bits per heavy atom. The van der Waals surface area contributed by atoms with Crippen molar-refractivity contribution in [2.45, 2.75) is 200 Å². The first kappa shape index (κ1) is 54.3. The van der Waals surface area contributed by atoms with E-state index in [4.69, 9.17) is 14.2 Å². The number of rotatable bonds is 40. The second-order valence-electron chi connectivity index (χ2n) is 14.9. The highest BCUT2D eigenvalue weighted by molar-refractivity contribution is 5.72. The smallest absolute Gasteiger partial charge is 0.309 e. The standard InChI is InChI=1S/C52H84O6/c1-4-7-10-13-16-19-21-23-25-26-27-29-30-33-36-39-42-45-51(54)57-48-49(47-56-50(53)44-41-38-35-32-18-15-12-9-6-3)58-52(55)46-43-40-37-34-31-28-24-22-20-17-14-11-8-5-2/h8-9,11-12,17-18,20,23,25,27,29,32-33,36,38,41,49H,4-7,10,13-16,19,21-22,24,26,28,30-31,34-35,37,39-40,42-48H2,1-3H3/b11-8-,12-9-,20-17-,25-23-,29-27-,32-18-,36-33-,41-38-. The van der Waals surface area contributed by atoms with Crippen molar-refractivity contribution in [2.75, 3.05) is 13.2 Å². The third kappa shape index (κ3) is 43.5. The van der Waals surface area contributed by atoms with Crippen LogP contribution in [0, 0.1) is 0 Å². The summed E-state index contributed by atoms with van der Waals surface area (Å²) in [6.07, 6.45) is 60.1. The molecule has 0 aliphatic rings. The fraction of sp³-hybridized carbons (Fsp3) is 0.635. The van der Waals surface area contributed by atoms with Crippen molar-refractivity contribution in [3.8, 4) is 0 Å². The minimum Gasteiger partial charge on any atom is -0.462 e. The SMILES string of the molecule is CC/C=C\C/C=C\C/C=C\CC(=O)OCC(COC(=O)CCC/C=C\C/C=C\C/C=C\CCCCCCCC)OC(=O)CCCCCCCCC/C=C\C/C=C\CC. The Hall–Kier alpha value is -3.67. The van der Waals surface area contributed by atoms with Gasteiger partial charge in [0.2, 0.25) is 0 Å². The summed E-state index contributed by atoms with van der Waals surface area (Å²) in [5.41, 5.74) is 0. The molecule has 0 radical (unpaired) electrons. The van der Waals surface area contributed by atoms with Crippen LogP contribution in [-0.4, -0.2) is 37.2 Å². The molecule has 0 N–H and O–H groups in total. The number of esters is 3. The summed E-state index contributed by atoms with van der Waals surface area (Å²) in [6, 6.07) is 0. The molecule has 0 fully saturated rings. The van der Waals surface area contributed by atoms with Crippen LogP contribution in [0.1, 0.15) is 194 Å². The van der Waals surface area contributed by atoms with Gasteiger partial charge in [-0.15, -0.1) is 0 Å². The minimum atomic E-state index is -0.836. The summed E-state index contributed by atoms with van der Waals surface area (Å²) in [7, 11) is 0. The number of unbranched alkanes of at least 4 members (excludes halogenated alkanes) is 14. The normalized spacial score (nSPS) is 12.9. The molecule has 1 unspecified atom stereocenters. The summed E-state index contributed by atoms with van der Waals surface area (Å²) in [5.74, 6) is -1.13. The lowest BCUT2D eigenvalue weighted by molar-refractivity contribution is -0.166. The van der Waals surface area contributed by atoms with Crippen molar-refractivity contribution in [1.29, 1.82) is 0 Å². The van der Waals surface area contributed by atoms with E-state index in [2.05, 4.69) is 106 Å². The van der Waals surface area contributed by atoms with Crippen molar-refractivity contribution >= 4 is 17.9 Å². The summed E-state index contributed by atoms with van der Waals surface area (Å²) in [6.45, 7) is 6.23. The Labute approximate surface area is 356 Å². The summed E-state index contributed by atoms with van der Waals surface area (Å²) in [4.78, 5) is 37.6. The van der Waals surface area contributed by atoms with Crippen molar-refractivity contribution in [1.82, 2.24) is 0 Å². The van der Waals surface area contributed by atoms with Gasteiger partial charge in [-0.3, -0.25) is 14.4 Å². The second-order valence-corrected chi connectivity index (χ2v) is 14.9. The van der Waals surface area contributed by atoms with Crippen LogP contribution < -0.4 is 0 Å². The molecule has 0 saturated carbocycles. The molecule has 0 aliphatic carbocycles. The van der Waals surface area contributed by atoms with Crippen LogP contribution in [-0.2, 0) is 28.6 Å². The highest BCUT2D eigenvalue weighted by atomic mass is 16.6. The molecule has 0 spiro atoms. The third-order valence-electron chi connectivity index (χ3n) is 9.34. The van der Waals surface area contributed by atoms with E-state index in [0.717, 1.165) is 83.5 Å². The number of allylic oxidation sites excluding steroid dienone is 15. The van der Waals surface area contributed by atoms with Gasteiger partial charge in [-0.2, -0.15) is 0 Å². The number of carbonyl (C=O) groups excluding carboxylic acids is 3. The first-order valence-electron chi connectivity index (χ1n) is 23.2. The predicted octanol–water partition coefficient (Wildman–Crippen LogP) is 15.0. The molecule has 328 valence electrons. The van der Waals surface area contributed by atoms with Crippen LogP contribution in [0.3, 0.4) is 0 Å². The van der Waals surface area contributed by atoms with Gasteiger partial charge in [0.1, 0.15) is 13.2 Å². The first-order chi connectivity index (χ1) is 28.5. The van der Waals surface area contributed by atoms with Crippen LogP contribution in [0.4, 0.5) is 0 Å². The van der Waals surface area contributed by atoms with Gasteiger partial charge in [0.25, 0.3) is 0 Å². The Morgan fingerprint density at radius 2 is 0.759 bits per heavy atom. The molecule has 0 heterocycles. The van der Waals surface area contributed by atoms with Crippen molar-refractivity contribution in [2.24, 2.45) is 0 Å². The third-order valence-corrected chi connectivity index (χ3v) is 9.34. The highest BCUT2D eigenvalue weighted by Crippen LogP contribution is 2.12. The van der Waals surface area contributed by atoms with Gasteiger partial charge in [0, 0.05) is 12.8 Å². The van der Waals surface area contributed by atoms with Crippen LogP contribution in [0.15, 0.2) is 97.2 Å². The van der Waals surface area contributed by atoms with Crippen molar-refractivity contribution in [3.05, 3.63) is 97.2 Å². The maximum Gasteiger partial charge on any atom is 0.309 e. The topological polar surface area (TPSA) is 78.9 Å². The molecule has 1 atom stereocenters. The highest BCUT2D eigenvalue weighted by Gasteiger charge is 2.19. The van der Waals surface area contributed by atoms with Crippen molar-refractivity contribution in [3.63, 3.8) is 0 Å². The molecule has 0 rings (SSSR count). The van der Waals surface area contributed by atoms with E-state index in [1.54, 1.807) is 6.08 Å². The van der Waals surface area contributed by atoms with Gasteiger partial charge in [-0.05, 0) is 89.9 Å². The van der Waals surface area contributed by atoms with Gasteiger partial charge in [0.05, 0.1) is 6.42 Å². The summed E-state index contributed by atoms with van der Waals surface area (Å²) < 4.78 is 16.5. The lowest BCUT2D eigenvalue weighted by Gasteiger charge is -2.18. The quantitative estimate of drug-likeness (QED) is 0.0266. The van der Waals surface area contributed by atoms with Gasteiger partial charge in [-0.1, -0.05) is 182 Å². The molecular formula is C52H84O6. The van der Waals surface area contributed by atoms with Gasteiger partial charge < -0.3 is 14.2 Å². The zero-order valence-electron chi connectivity index (χ0n) is 37.3. The average Bonchev–Trinajstić information content (AvgIpc) is 3.22. The van der Waals surface area contributed by atoms with Crippen LogP contribution in [0.5, 0.6) is 0 Å². The van der Waals surface area contributed by atoms with Gasteiger partial charge in [0.15, 0.2) is 6.10 Å². The average molecular weight is 805 g/mol. The Balaban J connectivity index is 4.51. The lowest BCUT2D eigenvalue weighted by Crippen LogP contribution is -2.30. The van der Waals surface area contributed by atoms with E-state index in [-0.39, 0.29) is 44.4 Å². The molecule has 0 saturated heterocycles. The minimum absolute atomic E-state index is 0.122. The Bertz CT molecular complexity index is 1200. The zero-order chi connectivity index (χ0) is 42.3. The fourth-order valence-electron chi connectivity index (χ4n) is 5.91. The summed E-state index contributed by atoms with van der Waals surface area (Å²) >= 11 is 0. The predicted molar refractivity (Wildman–Crippen MR) is 247 cm³/mol. The maximum absolute atomic E-state index is 12.7. The van der Waals surface area contributed by atoms with E-state index in [1.165, 1.54) is 64.2 Å². The Kier molecular flexibility index (Phi) is 43.1. The largest absolute Gasteiger partial charge is 0.462 e. The molecule has 0 aromatic rings. The van der Waals surface area contributed by atoms with E-state index in [9.17, 15) is 14.4 Å². The lowest BCUT2D eigenvalue weighted by atomic mass is 10.1. The maximum atomic E-state index is 12.7. The monoisotopic (exact) mass is 805 g/mol. The molecule has 0 aliphatic heterocycles. The molecule has 6 heteroatoms. The molecule has 6 nitrogen and oxygen atoms in total. The number of hydrogen-bond acceptors (Lipinski definition) is 6. The zero-order valence-corrected chi connectivity index (χ0v) is 37.3. The molecular weight excluding hydrogens is 721 g/mol. The van der Waals surface area contributed by atoms with Gasteiger partial charge in [-0.25, -0.2) is 0 Å². The van der Waals surface area contributed by atoms with Crippen molar-refractivity contribution < 1.29 is 28.6 Å². The van der Waals surface area contributed by atoms with Crippen LogP contribution >= 0.6 is 0 Å². The number of hydrogen-bond donors (Lipinski definition) is 0. The molecule has 58 heavy (non-hydrogen) atoms. The molecule has 0 amide bonds. The molecule has 0 bridgehead atoms. The van der Waals surface area contributed by atoms with Gasteiger partial charge >= 0.3 is 17.9 Å². The van der Waals surface area contributed by atoms with Crippen LogP contribution in [0.25, 0.3) is 0 Å². The Morgan fingerprint density at radius 1 is 0.379 bits per heavy atom. The number of carbonyl (C=O) groups is 3. The first-order valence-corrected chi connectivity index (χ1v) is 23.2. The summed E-state index contributed by atoms with van der Waals surface area (Å²) in [5, 5.41) is 0. The molecule has 0 aromatic heterocycles.